The summed E-state index contributed by atoms with van der Waals surface area (Å²) in [6, 6.07) is 12.7. The first-order valence-corrected chi connectivity index (χ1v) is 6.18. The minimum atomic E-state index is -0.245. The molecule has 0 atom stereocenters. The monoisotopic (exact) mass is 272 g/mol. The molecule has 0 spiro atoms. The van der Waals surface area contributed by atoms with E-state index in [1.54, 1.807) is 12.1 Å². The highest BCUT2D eigenvalue weighted by molar-refractivity contribution is 5.92. The van der Waals surface area contributed by atoms with Crippen LogP contribution in [0, 0.1) is 0 Å². The van der Waals surface area contributed by atoms with Gasteiger partial charge in [-0.05, 0) is 24.3 Å². The van der Waals surface area contributed by atoms with E-state index in [0.29, 0.717) is 24.5 Å². The van der Waals surface area contributed by atoms with Crippen molar-refractivity contribution in [2.24, 2.45) is 5.84 Å². The van der Waals surface area contributed by atoms with Crippen LogP contribution in [-0.4, -0.2) is 24.0 Å². The average Bonchev–Trinajstić information content (AvgIpc) is 2.52. The van der Waals surface area contributed by atoms with E-state index >= 15 is 0 Å². The predicted octanol–water partition coefficient (Wildman–Crippen LogP) is 1.18. The molecule has 0 unspecified atom stereocenters. The van der Waals surface area contributed by atoms with Crippen LogP contribution in [-0.2, 0) is 0 Å². The van der Waals surface area contributed by atoms with E-state index in [2.05, 4.69) is 15.7 Å². The zero-order valence-corrected chi connectivity index (χ0v) is 10.9. The molecule has 0 aliphatic rings. The second-order valence-corrected chi connectivity index (χ2v) is 3.99. The number of aromatic nitrogens is 1. The fourth-order valence-corrected chi connectivity index (χ4v) is 1.55. The van der Waals surface area contributed by atoms with Gasteiger partial charge in [-0.15, -0.1) is 0 Å². The third-order valence-electron chi connectivity index (χ3n) is 2.56. The van der Waals surface area contributed by atoms with Crippen LogP contribution in [0.25, 0.3) is 0 Å². The van der Waals surface area contributed by atoms with Gasteiger partial charge in [-0.2, -0.15) is 0 Å². The number of pyridine rings is 1. The second kappa shape index (κ2) is 7.10. The van der Waals surface area contributed by atoms with Crippen LogP contribution in [0.2, 0.25) is 0 Å². The maximum Gasteiger partial charge on any atom is 0.269 e. The molecule has 1 aromatic carbocycles. The lowest BCUT2D eigenvalue weighted by molar-refractivity contribution is 0.0942. The van der Waals surface area contributed by atoms with Crippen LogP contribution in [0.3, 0.4) is 0 Å². The van der Waals surface area contributed by atoms with Gasteiger partial charge >= 0.3 is 0 Å². The van der Waals surface area contributed by atoms with E-state index in [4.69, 9.17) is 10.6 Å². The van der Waals surface area contributed by atoms with Gasteiger partial charge in [0, 0.05) is 0 Å². The predicted molar refractivity (Wildman–Crippen MR) is 76.3 cm³/mol. The molecule has 0 fully saturated rings. The molecule has 0 saturated heterocycles. The molecule has 2 aromatic rings. The van der Waals surface area contributed by atoms with E-state index in [1.807, 2.05) is 30.3 Å². The molecule has 1 aromatic heterocycles. The number of ether oxygens (including phenoxy) is 1. The number of nitrogens with one attached hydrogen (secondary N) is 2. The lowest BCUT2D eigenvalue weighted by atomic mass is 10.3. The third kappa shape index (κ3) is 3.96. The number of hydrogen-bond acceptors (Lipinski definition) is 5. The number of para-hydroxylation sites is 1. The average molecular weight is 272 g/mol. The summed E-state index contributed by atoms with van der Waals surface area (Å²) in [4.78, 5) is 15.8. The summed E-state index contributed by atoms with van der Waals surface area (Å²) < 4.78 is 5.47. The number of hydrogen-bond donors (Lipinski definition) is 3. The molecule has 0 aliphatic heterocycles. The van der Waals surface area contributed by atoms with Crippen molar-refractivity contribution >= 4 is 11.6 Å². The van der Waals surface area contributed by atoms with Gasteiger partial charge in [0.15, 0.2) is 0 Å². The molecule has 104 valence electrons. The van der Waals surface area contributed by atoms with E-state index in [-0.39, 0.29) is 5.91 Å². The van der Waals surface area contributed by atoms with Gasteiger partial charge in [0.05, 0.1) is 18.4 Å². The van der Waals surface area contributed by atoms with E-state index in [9.17, 15) is 4.79 Å². The number of nitrogen functional groups attached to an aromatic ring is 1. The van der Waals surface area contributed by atoms with Crippen molar-refractivity contribution in [2.45, 2.75) is 0 Å². The normalized spacial score (nSPS) is 9.85. The van der Waals surface area contributed by atoms with Gasteiger partial charge in [-0.1, -0.05) is 18.2 Å². The summed E-state index contributed by atoms with van der Waals surface area (Å²) in [6.45, 7) is 0.810. The van der Waals surface area contributed by atoms with E-state index in [0.717, 1.165) is 5.75 Å². The molecule has 6 nitrogen and oxygen atoms in total. The van der Waals surface area contributed by atoms with Crippen LogP contribution < -0.4 is 21.3 Å². The number of amides is 1. The molecule has 0 radical (unpaired) electrons. The summed E-state index contributed by atoms with van der Waals surface area (Å²) in [5.41, 5.74) is 3.43. The van der Waals surface area contributed by atoms with Crippen molar-refractivity contribution < 1.29 is 9.53 Å². The Balaban J connectivity index is 1.74. The standard InChI is InChI=1S/C14H16N4O2/c15-18-11-6-7-13(17-10-11)14(19)16-8-9-20-12-4-2-1-3-5-12/h1-7,10,18H,8-9,15H2,(H,16,19). The van der Waals surface area contributed by atoms with Crippen molar-refractivity contribution in [2.75, 3.05) is 18.6 Å². The highest BCUT2D eigenvalue weighted by atomic mass is 16.5. The first-order valence-electron chi connectivity index (χ1n) is 6.18. The topological polar surface area (TPSA) is 89.3 Å². The third-order valence-corrected chi connectivity index (χ3v) is 2.56. The summed E-state index contributed by atoms with van der Waals surface area (Å²) in [5.74, 6) is 5.75. The fourth-order valence-electron chi connectivity index (χ4n) is 1.55. The minimum absolute atomic E-state index is 0.245. The number of anilines is 1. The van der Waals surface area contributed by atoms with Crippen molar-refractivity contribution in [3.63, 3.8) is 0 Å². The summed E-state index contributed by atoms with van der Waals surface area (Å²) in [5, 5.41) is 2.73. The molecular formula is C14H16N4O2. The number of hydrazine groups is 1. The van der Waals surface area contributed by atoms with Crippen molar-refractivity contribution in [1.29, 1.82) is 0 Å². The van der Waals surface area contributed by atoms with Crippen LogP contribution in [0.5, 0.6) is 5.75 Å². The number of carbonyl (C=O) groups is 1. The van der Waals surface area contributed by atoms with Crippen LogP contribution >= 0.6 is 0 Å². The zero-order valence-electron chi connectivity index (χ0n) is 10.9. The largest absolute Gasteiger partial charge is 0.492 e. The van der Waals surface area contributed by atoms with Crippen LogP contribution in [0.4, 0.5) is 5.69 Å². The first kappa shape index (κ1) is 13.8. The molecule has 0 bridgehead atoms. The molecular weight excluding hydrogens is 256 g/mol. The highest BCUT2D eigenvalue weighted by Gasteiger charge is 2.06. The molecule has 4 N–H and O–H groups in total. The van der Waals surface area contributed by atoms with Crippen molar-refractivity contribution in [3.05, 3.63) is 54.4 Å². The number of carbonyl (C=O) groups excluding carboxylic acids is 1. The smallest absolute Gasteiger partial charge is 0.269 e. The Hall–Kier alpha value is -2.60. The zero-order chi connectivity index (χ0) is 14.2. The molecule has 0 aliphatic carbocycles. The molecule has 1 amide bonds. The van der Waals surface area contributed by atoms with E-state index < -0.39 is 0 Å². The maximum absolute atomic E-state index is 11.8. The Morgan fingerprint density at radius 1 is 1.20 bits per heavy atom. The van der Waals surface area contributed by atoms with Crippen LogP contribution in [0.1, 0.15) is 10.5 Å². The Morgan fingerprint density at radius 2 is 2.00 bits per heavy atom. The van der Waals surface area contributed by atoms with Gasteiger partial charge < -0.3 is 15.5 Å². The van der Waals surface area contributed by atoms with E-state index in [1.165, 1.54) is 6.20 Å². The Kier molecular flexibility index (Phi) is 4.91. The lowest BCUT2D eigenvalue weighted by Gasteiger charge is -2.07. The number of nitrogens with zero attached hydrogens (tertiary/aromatic N) is 1. The summed E-state index contributed by atoms with van der Waals surface area (Å²) in [6.07, 6.45) is 1.50. The highest BCUT2D eigenvalue weighted by Crippen LogP contribution is 2.07. The Bertz CT molecular complexity index is 543. The maximum atomic E-state index is 11.8. The van der Waals surface area contributed by atoms with Crippen molar-refractivity contribution in [3.8, 4) is 5.75 Å². The quantitative estimate of drug-likeness (QED) is 0.417. The van der Waals surface area contributed by atoms with Gasteiger partial charge in [-0.25, -0.2) is 4.98 Å². The molecule has 0 saturated carbocycles. The van der Waals surface area contributed by atoms with Gasteiger partial charge in [0.1, 0.15) is 18.1 Å². The summed E-state index contributed by atoms with van der Waals surface area (Å²) in [7, 11) is 0. The molecule has 20 heavy (non-hydrogen) atoms. The minimum Gasteiger partial charge on any atom is -0.492 e. The number of nitrogens with two attached hydrogens (primary N) is 1. The molecule has 2 rings (SSSR count). The SMILES string of the molecule is NNc1ccc(C(=O)NCCOc2ccccc2)nc1. The first-order chi connectivity index (χ1) is 9.79. The Labute approximate surface area is 116 Å². The number of benzene rings is 1. The van der Waals surface area contributed by atoms with Crippen LogP contribution in [0.15, 0.2) is 48.7 Å². The Morgan fingerprint density at radius 3 is 2.65 bits per heavy atom. The fraction of sp³-hybridized carbons (Fsp3) is 0.143. The van der Waals surface area contributed by atoms with Gasteiger partial charge in [-0.3, -0.25) is 10.6 Å². The summed E-state index contributed by atoms with van der Waals surface area (Å²) >= 11 is 0. The molecule has 6 heteroatoms. The van der Waals surface area contributed by atoms with Gasteiger partial charge in [0.25, 0.3) is 5.91 Å². The van der Waals surface area contributed by atoms with Crippen molar-refractivity contribution in [1.82, 2.24) is 10.3 Å². The molecule has 1 heterocycles. The number of rotatable bonds is 6. The van der Waals surface area contributed by atoms with Gasteiger partial charge in [0.2, 0.25) is 0 Å². The lowest BCUT2D eigenvalue weighted by Crippen LogP contribution is -2.28. The second-order valence-electron chi connectivity index (χ2n) is 3.99.